The van der Waals surface area contributed by atoms with Gasteiger partial charge in [0.15, 0.2) is 18.2 Å². The number of nitrogens with zero attached hydrogens (tertiary/aromatic N) is 1. The predicted octanol–water partition coefficient (Wildman–Crippen LogP) is 2.22. The third-order valence-electron chi connectivity index (χ3n) is 6.51. The lowest BCUT2D eigenvalue weighted by Crippen LogP contribution is -2.61. The van der Waals surface area contributed by atoms with E-state index >= 15 is 0 Å². The van der Waals surface area contributed by atoms with Gasteiger partial charge in [0, 0.05) is 12.8 Å². The van der Waals surface area contributed by atoms with Crippen LogP contribution in [0, 0.1) is 0 Å². The van der Waals surface area contributed by atoms with Gasteiger partial charge < -0.3 is 29.1 Å². The van der Waals surface area contributed by atoms with E-state index in [1.807, 2.05) is 18.2 Å². The zero-order valence-corrected chi connectivity index (χ0v) is 19.2. The SMILES string of the molecule is COc1ccc(CCO[C@H]2CCCC[C@@H]2[N@@+]2(COP(=O)(O)O)CC[C@H](O)C2)cc1OC. The summed E-state index contributed by atoms with van der Waals surface area (Å²) in [4.78, 5) is 18.5. The van der Waals surface area contributed by atoms with E-state index in [4.69, 9.17) is 18.7 Å². The van der Waals surface area contributed by atoms with Gasteiger partial charge in [-0.15, -0.1) is 0 Å². The van der Waals surface area contributed by atoms with Gasteiger partial charge in [0.2, 0.25) is 0 Å². The molecule has 0 radical (unpaired) electrons. The minimum Gasteiger partial charge on any atom is -0.493 e. The molecule has 9 nitrogen and oxygen atoms in total. The number of phosphoric acid groups is 1. The Morgan fingerprint density at radius 3 is 2.48 bits per heavy atom. The van der Waals surface area contributed by atoms with Gasteiger partial charge in [-0.25, -0.2) is 9.09 Å². The number of aliphatic hydroxyl groups excluding tert-OH is 1. The van der Waals surface area contributed by atoms with Crippen molar-refractivity contribution in [1.82, 2.24) is 0 Å². The second-order valence-electron chi connectivity index (χ2n) is 8.52. The van der Waals surface area contributed by atoms with Gasteiger partial charge in [0.1, 0.15) is 24.8 Å². The van der Waals surface area contributed by atoms with Gasteiger partial charge in [-0.1, -0.05) is 12.5 Å². The standard InChI is InChI=1S/C21H34NO8P/c1-27-20-8-7-16(13-21(20)28-2)10-12-29-19-6-4-3-5-18(19)22(11-9-17(23)14-22)15-30-31(24,25)26/h7-8,13,17-19,23H,3-6,9-12,14-15H2,1-2H3,(H-,24,25,26)/p+1/t17-,18-,19-,22-/m0/s1. The summed E-state index contributed by atoms with van der Waals surface area (Å²) >= 11 is 0. The third kappa shape index (κ3) is 6.42. The van der Waals surface area contributed by atoms with Gasteiger partial charge in [0.05, 0.1) is 27.4 Å². The van der Waals surface area contributed by atoms with Crippen molar-refractivity contribution < 1.29 is 42.7 Å². The smallest absolute Gasteiger partial charge is 0.474 e. The number of hydrogen-bond acceptors (Lipinski definition) is 6. The Morgan fingerprint density at radius 2 is 1.84 bits per heavy atom. The van der Waals surface area contributed by atoms with Crippen LogP contribution in [0.25, 0.3) is 0 Å². The van der Waals surface area contributed by atoms with Crippen LogP contribution in [0.15, 0.2) is 18.2 Å². The molecule has 1 saturated carbocycles. The molecule has 0 amide bonds. The molecular formula is C21H35NO8P+. The van der Waals surface area contributed by atoms with Crippen molar-refractivity contribution in [2.45, 2.75) is 56.8 Å². The van der Waals surface area contributed by atoms with E-state index in [0.29, 0.717) is 48.5 Å². The number of rotatable bonds is 10. The molecule has 10 heteroatoms. The van der Waals surface area contributed by atoms with E-state index in [9.17, 15) is 19.5 Å². The van der Waals surface area contributed by atoms with Gasteiger partial charge in [-0.2, -0.15) is 0 Å². The number of methoxy groups -OCH3 is 2. The van der Waals surface area contributed by atoms with Crippen molar-refractivity contribution in [2.24, 2.45) is 0 Å². The van der Waals surface area contributed by atoms with Crippen LogP contribution in [-0.2, 0) is 20.2 Å². The Hall–Kier alpha value is -1.19. The quantitative estimate of drug-likeness (QED) is 0.360. The Labute approximate surface area is 183 Å². The largest absolute Gasteiger partial charge is 0.493 e. The number of hydrogen-bond donors (Lipinski definition) is 3. The third-order valence-corrected chi connectivity index (χ3v) is 6.96. The van der Waals surface area contributed by atoms with Crippen LogP contribution in [0.5, 0.6) is 11.5 Å². The number of benzene rings is 1. The van der Waals surface area contributed by atoms with Gasteiger partial charge in [0.25, 0.3) is 0 Å². The first-order valence-electron chi connectivity index (χ1n) is 10.8. The van der Waals surface area contributed by atoms with E-state index in [-0.39, 0.29) is 18.9 Å². The predicted molar refractivity (Wildman–Crippen MR) is 114 cm³/mol. The molecule has 1 aromatic carbocycles. The molecule has 0 unspecified atom stereocenters. The lowest BCUT2D eigenvalue weighted by molar-refractivity contribution is -0.960. The summed E-state index contributed by atoms with van der Waals surface area (Å²) in [6.45, 7) is 1.47. The van der Waals surface area contributed by atoms with Crippen molar-refractivity contribution in [2.75, 3.05) is 40.6 Å². The fourth-order valence-electron chi connectivity index (χ4n) is 4.98. The van der Waals surface area contributed by atoms with Crippen molar-refractivity contribution in [1.29, 1.82) is 0 Å². The highest BCUT2D eigenvalue weighted by Gasteiger charge is 2.49. The molecule has 0 bridgehead atoms. The first kappa shape index (κ1) is 24.5. The Kier molecular flexibility index (Phi) is 8.37. The summed E-state index contributed by atoms with van der Waals surface area (Å²) in [6.07, 6.45) is 4.64. The molecule has 4 atom stereocenters. The molecule has 1 aliphatic heterocycles. The molecule has 1 aliphatic carbocycles. The van der Waals surface area contributed by atoms with Crippen LogP contribution >= 0.6 is 7.82 Å². The second-order valence-corrected chi connectivity index (χ2v) is 9.76. The molecule has 3 N–H and O–H groups in total. The lowest BCUT2D eigenvalue weighted by atomic mass is 9.89. The molecule has 2 fully saturated rings. The summed E-state index contributed by atoms with van der Waals surface area (Å²) in [7, 11) is -1.37. The van der Waals surface area contributed by atoms with E-state index in [0.717, 1.165) is 31.2 Å². The monoisotopic (exact) mass is 460 g/mol. The number of aliphatic hydroxyl groups is 1. The average molecular weight is 460 g/mol. The normalized spacial score (nSPS) is 29.1. The van der Waals surface area contributed by atoms with Crippen LogP contribution in [0.1, 0.15) is 37.7 Å². The van der Waals surface area contributed by atoms with E-state index in [1.165, 1.54) is 0 Å². The number of phosphoric ester groups is 1. The molecule has 31 heavy (non-hydrogen) atoms. The summed E-state index contributed by atoms with van der Waals surface area (Å²) in [5.74, 6) is 1.37. The van der Waals surface area contributed by atoms with Crippen molar-refractivity contribution in [3.05, 3.63) is 23.8 Å². The van der Waals surface area contributed by atoms with Crippen molar-refractivity contribution >= 4 is 7.82 Å². The molecule has 1 saturated heterocycles. The lowest BCUT2D eigenvalue weighted by Gasteiger charge is -2.46. The first-order chi connectivity index (χ1) is 14.8. The van der Waals surface area contributed by atoms with Gasteiger partial charge in [-0.3, -0.25) is 4.48 Å². The van der Waals surface area contributed by atoms with Crippen molar-refractivity contribution in [3.63, 3.8) is 0 Å². The molecular weight excluding hydrogens is 425 g/mol. The summed E-state index contributed by atoms with van der Waals surface area (Å²) in [5.41, 5.74) is 1.08. The molecule has 2 aliphatic rings. The highest BCUT2D eigenvalue weighted by atomic mass is 31.2. The van der Waals surface area contributed by atoms with Crippen LogP contribution in [-0.4, -0.2) is 78.3 Å². The van der Waals surface area contributed by atoms with Crippen molar-refractivity contribution in [3.8, 4) is 11.5 Å². The second kappa shape index (κ2) is 10.6. The minimum atomic E-state index is -4.59. The zero-order chi connectivity index (χ0) is 22.5. The zero-order valence-electron chi connectivity index (χ0n) is 18.3. The fraction of sp³-hybridized carbons (Fsp3) is 0.714. The Morgan fingerprint density at radius 1 is 1.10 bits per heavy atom. The summed E-state index contributed by atoms with van der Waals surface area (Å²) in [5, 5.41) is 10.2. The number of ether oxygens (including phenoxy) is 3. The summed E-state index contributed by atoms with van der Waals surface area (Å²) < 4.78 is 33.6. The van der Waals surface area contributed by atoms with Gasteiger partial charge in [-0.05, 0) is 37.0 Å². The number of likely N-dealkylation sites (tertiary alicyclic amines) is 1. The fourth-order valence-corrected chi connectivity index (χ4v) is 5.36. The highest BCUT2D eigenvalue weighted by molar-refractivity contribution is 7.46. The average Bonchev–Trinajstić information content (AvgIpc) is 3.14. The maximum absolute atomic E-state index is 11.4. The Bertz CT molecular complexity index is 772. The topological polar surface area (TPSA) is 115 Å². The number of quaternary nitrogens is 1. The molecule has 176 valence electrons. The van der Waals surface area contributed by atoms with Crippen LogP contribution in [0.2, 0.25) is 0 Å². The maximum atomic E-state index is 11.4. The molecule has 3 rings (SSSR count). The summed E-state index contributed by atoms with van der Waals surface area (Å²) in [6, 6.07) is 5.85. The van der Waals surface area contributed by atoms with Crippen LogP contribution < -0.4 is 9.47 Å². The maximum Gasteiger partial charge on any atom is 0.474 e. The molecule has 0 aromatic heterocycles. The van der Waals surface area contributed by atoms with E-state index in [2.05, 4.69) is 0 Å². The Balaban J connectivity index is 1.66. The van der Waals surface area contributed by atoms with E-state index < -0.39 is 13.9 Å². The van der Waals surface area contributed by atoms with Gasteiger partial charge >= 0.3 is 7.82 Å². The highest BCUT2D eigenvalue weighted by Crippen LogP contribution is 2.41. The van der Waals surface area contributed by atoms with Crippen LogP contribution in [0.3, 0.4) is 0 Å². The molecule has 0 spiro atoms. The minimum absolute atomic E-state index is 0.0421. The van der Waals surface area contributed by atoms with E-state index in [1.54, 1.807) is 14.2 Å². The molecule has 1 heterocycles. The molecule has 1 aromatic rings. The van der Waals surface area contributed by atoms with Crippen LogP contribution in [0.4, 0.5) is 0 Å². The first-order valence-corrected chi connectivity index (χ1v) is 12.4.